The normalized spacial score (nSPS) is 20.0. The Morgan fingerprint density at radius 2 is 1.82 bits per heavy atom. The number of benzene rings is 1. The van der Waals surface area contributed by atoms with Crippen LogP contribution in [0.25, 0.3) is 0 Å². The molecule has 7 heteroatoms. The van der Waals surface area contributed by atoms with Gasteiger partial charge in [0.2, 0.25) is 0 Å². The fraction of sp³-hybridized carbons (Fsp3) is 0.600. The van der Waals surface area contributed by atoms with Gasteiger partial charge < -0.3 is 5.32 Å². The van der Waals surface area contributed by atoms with E-state index >= 15 is 0 Å². The van der Waals surface area contributed by atoms with E-state index in [4.69, 9.17) is 0 Å². The topological polar surface area (TPSA) is 15.3 Å². The number of nitrogens with one attached hydrogen (secondary N) is 1. The second kappa shape index (κ2) is 8.78. The van der Waals surface area contributed by atoms with E-state index in [2.05, 4.69) is 26.1 Å². The lowest BCUT2D eigenvalue weighted by molar-refractivity contribution is 0.154. The van der Waals surface area contributed by atoms with Gasteiger partial charge in [-0.25, -0.2) is 8.78 Å². The highest BCUT2D eigenvalue weighted by Crippen LogP contribution is 2.42. The van der Waals surface area contributed by atoms with Crippen molar-refractivity contribution >= 4 is 40.7 Å². The van der Waals surface area contributed by atoms with Crippen LogP contribution in [0.5, 0.6) is 0 Å². The van der Waals surface area contributed by atoms with Crippen molar-refractivity contribution in [1.29, 1.82) is 0 Å². The summed E-state index contributed by atoms with van der Waals surface area (Å²) in [6.45, 7) is 3.47. The van der Waals surface area contributed by atoms with Gasteiger partial charge in [0.1, 0.15) is 11.6 Å². The van der Waals surface area contributed by atoms with Crippen LogP contribution in [0.15, 0.2) is 16.6 Å². The molecule has 1 heterocycles. The van der Waals surface area contributed by atoms with E-state index in [1.54, 1.807) is 0 Å². The van der Waals surface area contributed by atoms with Crippen molar-refractivity contribution in [2.75, 3.05) is 26.2 Å². The van der Waals surface area contributed by atoms with Crippen molar-refractivity contribution in [3.05, 3.63) is 33.8 Å². The molecule has 2 aliphatic rings. The lowest BCUT2D eigenvalue weighted by atomic mass is 9.97. The highest BCUT2D eigenvalue weighted by Gasteiger charge is 2.33. The van der Waals surface area contributed by atoms with Crippen molar-refractivity contribution < 1.29 is 8.78 Å². The van der Waals surface area contributed by atoms with Gasteiger partial charge in [-0.3, -0.25) is 4.90 Å². The van der Waals surface area contributed by atoms with E-state index < -0.39 is 11.6 Å². The molecule has 126 valence electrons. The van der Waals surface area contributed by atoms with Crippen LogP contribution < -0.4 is 5.32 Å². The first-order chi connectivity index (χ1) is 9.66. The number of piperazine rings is 1. The van der Waals surface area contributed by atoms with Gasteiger partial charge in [-0.2, -0.15) is 0 Å². The number of hydrogen-bond acceptors (Lipinski definition) is 2. The van der Waals surface area contributed by atoms with Crippen molar-refractivity contribution in [2.24, 2.45) is 5.92 Å². The molecule has 2 nitrogen and oxygen atoms in total. The quantitative estimate of drug-likeness (QED) is 0.734. The van der Waals surface area contributed by atoms with E-state index in [1.165, 1.54) is 25.0 Å². The van der Waals surface area contributed by atoms with Crippen molar-refractivity contribution in [2.45, 2.75) is 25.3 Å². The molecule has 1 saturated heterocycles. The highest BCUT2D eigenvalue weighted by atomic mass is 79.9. The molecule has 1 N–H and O–H groups in total. The molecule has 3 rings (SSSR count). The van der Waals surface area contributed by atoms with Gasteiger partial charge in [0.15, 0.2) is 0 Å². The zero-order valence-corrected chi connectivity index (χ0v) is 15.4. The summed E-state index contributed by atoms with van der Waals surface area (Å²) in [7, 11) is 0. The minimum atomic E-state index is -0.436. The minimum absolute atomic E-state index is 0. The van der Waals surface area contributed by atoms with E-state index in [1.807, 2.05) is 0 Å². The highest BCUT2D eigenvalue weighted by molar-refractivity contribution is 9.10. The Morgan fingerprint density at radius 1 is 1.18 bits per heavy atom. The zero-order chi connectivity index (χ0) is 14.1. The Bertz CT molecular complexity index is 495. The number of rotatable bonds is 4. The Balaban J connectivity index is 0.00000121. The third-order valence-electron chi connectivity index (χ3n) is 4.26. The third-order valence-corrected chi connectivity index (χ3v) is 4.87. The largest absolute Gasteiger partial charge is 0.314 e. The summed E-state index contributed by atoms with van der Waals surface area (Å²) in [4.78, 5) is 2.22. The molecule has 1 aromatic rings. The maximum atomic E-state index is 14.4. The smallest absolute Gasteiger partial charge is 0.145 e. The molecule has 1 saturated carbocycles. The van der Waals surface area contributed by atoms with E-state index in [-0.39, 0.29) is 36.4 Å². The first-order valence-corrected chi connectivity index (χ1v) is 8.04. The number of hydrogen-bond donors (Lipinski definition) is 1. The number of halogens is 5. The standard InChI is InChI=1S/C15H19BrF2N2.2ClH/c16-11-3-4-12(17)14(15(11)18)13(9-10-1-2-10)20-7-5-19-6-8-20;;/h3-4,10,13,19H,1-2,5-9H2;2*1H/t13-;;/m1../s1. The van der Waals surface area contributed by atoms with Gasteiger partial charge in [0.05, 0.1) is 4.47 Å². The van der Waals surface area contributed by atoms with Crippen LogP contribution in [-0.4, -0.2) is 31.1 Å². The molecular weight excluding hydrogens is 397 g/mol. The molecular formula is C15H21BrCl2F2N2. The monoisotopic (exact) mass is 416 g/mol. The lowest BCUT2D eigenvalue weighted by Crippen LogP contribution is -2.45. The zero-order valence-electron chi connectivity index (χ0n) is 12.2. The van der Waals surface area contributed by atoms with Crippen LogP contribution in [0.2, 0.25) is 0 Å². The molecule has 0 aromatic heterocycles. The first-order valence-electron chi connectivity index (χ1n) is 7.25. The lowest BCUT2D eigenvalue weighted by Gasteiger charge is -2.35. The molecule has 0 spiro atoms. The average Bonchev–Trinajstić information content (AvgIpc) is 3.27. The molecule has 1 aromatic carbocycles. The summed E-state index contributed by atoms with van der Waals surface area (Å²) < 4.78 is 29.0. The summed E-state index contributed by atoms with van der Waals surface area (Å²) in [6, 6.07) is 2.67. The van der Waals surface area contributed by atoms with Crippen LogP contribution in [0.1, 0.15) is 30.9 Å². The van der Waals surface area contributed by atoms with Gasteiger partial charge in [0, 0.05) is 37.8 Å². The predicted octanol–water partition coefficient (Wildman–Crippen LogP) is 4.32. The van der Waals surface area contributed by atoms with Gasteiger partial charge in [-0.05, 0) is 40.4 Å². The van der Waals surface area contributed by atoms with Gasteiger partial charge in [-0.1, -0.05) is 12.8 Å². The minimum Gasteiger partial charge on any atom is -0.314 e. The summed E-state index contributed by atoms with van der Waals surface area (Å²) in [5, 5.41) is 3.29. The van der Waals surface area contributed by atoms with Crippen molar-refractivity contribution in [3.63, 3.8) is 0 Å². The maximum Gasteiger partial charge on any atom is 0.145 e. The molecule has 0 bridgehead atoms. The van der Waals surface area contributed by atoms with Crippen LogP contribution in [0.4, 0.5) is 8.78 Å². The Labute approximate surface area is 151 Å². The van der Waals surface area contributed by atoms with E-state index in [0.29, 0.717) is 10.4 Å². The van der Waals surface area contributed by atoms with Crippen LogP contribution in [-0.2, 0) is 0 Å². The molecule has 2 fully saturated rings. The summed E-state index contributed by atoms with van der Waals surface area (Å²) in [5.74, 6) is -0.225. The van der Waals surface area contributed by atoms with Crippen LogP contribution in [0.3, 0.4) is 0 Å². The summed E-state index contributed by atoms with van der Waals surface area (Å²) in [5.41, 5.74) is 0.244. The Morgan fingerprint density at radius 3 is 2.41 bits per heavy atom. The molecule has 0 unspecified atom stereocenters. The SMILES string of the molecule is Cl.Cl.Fc1ccc(Br)c(F)c1[C@@H](CC1CC1)N1CCNCC1. The molecule has 22 heavy (non-hydrogen) atoms. The number of nitrogens with zero attached hydrogens (tertiary/aromatic N) is 1. The molecule has 1 atom stereocenters. The fourth-order valence-electron chi connectivity index (χ4n) is 2.96. The van der Waals surface area contributed by atoms with E-state index in [0.717, 1.165) is 32.6 Å². The Hall–Kier alpha value is 0.0600. The van der Waals surface area contributed by atoms with Gasteiger partial charge in [-0.15, -0.1) is 24.8 Å². The van der Waals surface area contributed by atoms with Crippen molar-refractivity contribution in [3.8, 4) is 0 Å². The van der Waals surface area contributed by atoms with E-state index in [9.17, 15) is 8.78 Å². The predicted molar refractivity (Wildman–Crippen MR) is 93.1 cm³/mol. The average molecular weight is 418 g/mol. The van der Waals surface area contributed by atoms with Gasteiger partial charge >= 0.3 is 0 Å². The molecule has 1 aliphatic heterocycles. The second-order valence-electron chi connectivity index (χ2n) is 5.74. The first kappa shape index (κ1) is 20.1. The van der Waals surface area contributed by atoms with Crippen LogP contribution in [0, 0.1) is 17.6 Å². The molecule has 0 amide bonds. The van der Waals surface area contributed by atoms with Gasteiger partial charge in [0.25, 0.3) is 0 Å². The Kier molecular flexibility index (Phi) is 8.03. The summed E-state index contributed by atoms with van der Waals surface area (Å²) >= 11 is 3.18. The fourth-order valence-corrected chi connectivity index (χ4v) is 3.31. The maximum absolute atomic E-state index is 14.4. The summed E-state index contributed by atoms with van der Waals surface area (Å²) in [6.07, 6.45) is 3.25. The third kappa shape index (κ3) is 4.54. The second-order valence-corrected chi connectivity index (χ2v) is 6.59. The molecule has 0 radical (unpaired) electrons. The molecule has 1 aliphatic carbocycles. The van der Waals surface area contributed by atoms with Crippen LogP contribution >= 0.6 is 40.7 Å². The van der Waals surface area contributed by atoms with Crippen molar-refractivity contribution in [1.82, 2.24) is 10.2 Å².